The fourth-order valence-corrected chi connectivity index (χ4v) is 0.826. The van der Waals surface area contributed by atoms with Gasteiger partial charge in [0.05, 0.1) is 0 Å². The van der Waals surface area contributed by atoms with Crippen molar-refractivity contribution in [1.29, 1.82) is 0 Å². The summed E-state index contributed by atoms with van der Waals surface area (Å²) in [4.78, 5) is 17.3. The number of nitrogen functional groups attached to an aromatic ring is 1. The summed E-state index contributed by atoms with van der Waals surface area (Å²) >= 11 is 0. The van der Waals surface area contributed by atoms with Crippen molar-refractivity contribution in [2.75, 3.05) is 5.73 Å². The minimum absolute atomic E-state index is 0.0644. The van der Waals surface area contributed by atoms with E-state index < -0.39 is 0 Å². The molecule has 0 aliphatic heterocycles. The van der Waals surface area contributed by atoms with Crippen molar-refractivity contribution in [2.45, 2.75) is 13.8 Å². The van der Waals surface area contributed by atoms with Gasteiger partial charge in [-0.1, -0.05) is 0 Å². The molecule has 4 nitrogen and oxygen atoms in total. The molecule has 0 spiro atoms. The Morgan fingerprint density at radius 3 is 2.50 bits per heavy atom. The zero-order chi connectivity index (χ0) is 7.72. The molecule has 1 rings (SSSR count). The topological polar surface area (TPSA) is 71.8 Å². The van der Waals surface area contributed by atoms with Crippen LogP contribution in [0, 0.1) is 6.92 Å². The SMILES string of the molecule is CC(=O)c1nc(N)[nH]c1C. The average molecular weight is 139 g/mol. The summed E-state index contributed by atoms with van der Waals surface area (Å²) in [5, 5.41) is 0. The molecule has 0 unspecified atom stereocenters. The van der Waals surface area contributed by atoms with Crippen molar-refractivity contribution in [3.05, 3.63) is 11.4 Å². The lowest BCUT2D eigenvalue weighted by molar-refractivity contribution is 0.101. The van der Waals surface area contributed by atoms with Gasteiger partial charge in [0, 0.05) is 12.6 Å². The summed E-state index contributed by atoms with van der Waals surface area (Å²) in [5.74, 6) is 0.230. The number of Topliss-reactive ketones (excluding diaryl/α,β-unsaturated/α-hetero) is 1. The summed E-state index contributed by atoms with van der Waals surface area (Å²) in [5.41, 5.74) is 6.45. The lowest BCUT2D eigenvalue weighted by Crippen LogP contribution is -1.94. The highest BCUT2D eigenvalue weighted by molar-refractivity contribution is 5.93. The van der Waals surface area contributed by atoms with Gasteiger partial charge in [0.15, 0.2) is 11.7 Å². The number of H-pyrrole nitrogens is 1. The molecular formula is C6H9N3O. The molecule has 0 bridgehead atoms. The van der Waals surface area contributed by atoms with Crippen LogP contribution in [-0.2, 0) is 0 Å². The number of aryl methyl sites for hydroxylation is 1. The molecule has 0 amide bonds. The minimum atomic E-state index is -0.0644. The van der Waals surface area contributed by atoms with Crippen LogP contribution >= 0.6 is 0 Å². The summed E-state index contributed by atoms with van der Waals surface area (Å²) in [6.45, 7) is 3.22. The Kier molecular flexibility index (Phi) is 1.45. The lowest BCUT2D eigenvalue weighted by atomic mass is 10.3. The van der Waals surface area contributed by atoms with Crippen molar-refractivity contribution in [1.82, 2.24) is 9.97 Å². The Balaban J connectivity index is 3.15. The highest BCUT2D eigenvalue weighted by atomic mass is 16.1. The maximum absolute atomic E-state index is 10.7. The maximum Gasteiger partial charge on any atom is 0.198 e. The first kappa shape index (κ1) is 6.80. The van der Waals surface area contributed by atoms with Crippen LogP contribution in [0.15, 0.2) is 0 Å². The van der Waals surface area contributed by atoms with E-state index in [-0.39, 0.29) is 5.78 Å². The maximum atomic E-state index is 10.7. The first-order chi connectivity index (χ1) is 4.61. The van der Waals surface area contributed by atoms with E-state index in [0.717, 1.165) is 5.69 Å². The number of aromatic nitrogens is 2. The standard InChI is InChI=1S/C6H9N3O/c1-3-5(4(2)10)9-6(7)8-3/h1-2H3,(H3,7,8,9). The fraction of sp³-hybridized carbons (Fsp3) is 0.333. The number of nitrogens with one attached hydrogen (secondary N) is 1. The predicted octanol–water partition coefficient (Wildman–Crippen LogP) is 0.503. The van der Waals surface area contributed by atoms with Crippen LogP contribution in [0.5, 0.6) is 0 Å². The number of carbonyl (C=O) groups is 1. The molecule has 0 atom stereocenters. The Labute approximate surface area is 58.5 Å². The third kappa shape index (κ3) is 1.00. The highest BCUT2D eigenvalue weighted by Crippen LogP contribution is 2.05. The molecule has 0 aliphatic rings. The third-order valence-electron chi connectivity index (χ3n) is 1.24. The predicted molar refractivity (Wildman–Crippen MR) is 37.7 cm³/mol. The van der Waals surface area contributed by atoms with Crippen molar-refractivity contribution in [3.8, 4) is 0 Å². The number of ketones is 1. The molecule has 1 heterocycles. The van der Waals surface area contributed by atoms with Crippen LogP contribution in [0.3, 0.4) is 0 Å². The smallest absolute Gasteiger partial charge is 0.198 e. The molecule has 1 aromatic heterocycles. The number of rotatable bonds is 1. The van der Waals surface area contributed by atoms with E-state index in [9.17, 15) is 4.79 Å². The van der Waals surface area contributed by atoms with E-state index in [1.165, 1.54) is 6.92 Å². The molecule has 0 aliphatic carbocycles. The summed E-state index contributed by atoms with van der Waals surface area (Å²) < 4.78 is 0. The number of carbonyl (C=O) groups excluding carboxylic acids is 1. The molecule has 0 aromatic carbocycles. The molecule has 3 N–H and O–H groups in total. The molecular weight excluding hydrogens is 130 g/mol. The van der Waals surface area contributed by atoms with Gasteiger partial charge in [-0.25, -0.2) is 4.98 Å². The van der Waals surface area contributed by atoms with E-state index in [2.05, 4.69) is 9.97 Å². The molecule has 0 saturated heterocycles. The monoisotopic (exact) mass is 139 g/mol. The van der Waals surface area contributed by atoms with Crippen LogP contribution < -0.4 is 5.73 Å². The number of anilines is 1. The Bertz CT molecular complexity index is 264. The molecule has 0 fully saturated rings. The Hall–Kier alpha value is -1.32. The van der Waals surface area contributed by atoms with Crippen LogP contribution in [0.25, 0.3) is 0 Å². The lowest BCUT2D eigenvalue weighted by Gasteiger charge is -1.85. The van der Waals surface area contributed by atoms with Gasteiger partial charge in [-0.05, 0) is 6.92 Å². The van der Waals surface area contributed by atoms with Gasteiger partial charge in [0.2, 0.25) is 0 Å². The van der Waals surface area contributed by atoms with Gasteiger partial charge in [-0.15, -0.1) is 0 Å². The van der Waals surface area contributed by atoms with Crippen LogP contribution in [-0.4, -0.2) is 15.8 Å². The van der Waals surface area contributed by atoms with Gasteiger partial charge in [-0.2, -0.15) is 0 Å². The number of hydrogen-bond donors (Lipinski definition) is 2. The van der Waals surface area contributed by atoms with Crippen molar-refractivity contribution >= 4 is 11.7 Å². The number of aromatic amines is 1. The minimum Gasteiger partial charge on any atom is -0.369 e. The Morgan fingerprint density at radius 2 is 2.30 bits per heavy atom. The average Bonchev–Trinajstić information content (AvgIpc) is 2.10. The van der Waals surface area contributed by atoms with Gasteiger partial charge < -0.3 is 10.7 Å². The third-order valence-corrected chi connectivity index (χ3v) is 1.24. The van der Waals surface area contributed by atoms with E-state index in [0.29, 0.717) is 11.6 Å². The zero-order valence-electron chi connectivity index (χ0n) is 5.93. The van der Waals surface area contributed by atoms with Crippen molar-refractivity contribution < 1.29 is 4.79 Å². The molecule has 54 valence electrons. The van der Waals surface area contributed by atoms with Gasteiger partial charge in [0.1, 0.15) is 5.69 Å². The zero-order valence-corrected chi connectivity index (χ0v) is 5.93. The molecule has 1 aromatic rings. The van der Waals surface area contributed by atoms with Crippen LogP contribution in [0.1, 0.15) is 23.1 Å². The quantitative estimate of drug-likeness (QED) is 0.556. The van der Waals surface area contributed by atoms with E-state index in [4.69, 9.17) is 5.73 Å². The first-order valence-corrected chi connectivity index (χ1v) is 2.94. The molecule has 4 heteroatoms. The second kappa shape index (κ2) is 2.13. The molecule has 10 heavy (non-hydrogen) atoms. The molecule has 0 saturated carbocycles. The van der Waals surface area contributed by atoms with Crippen molar-refractivity contribution in [2.24, 2.45) is 0 Å². The number of nitrogens with two attached hydrogens (primary N) is 1. The van der Waals surface area contributed by atoms with Crippen LogP contribution in [0.4, 0.5) is 5.95 Å². The fourth-order valence-electron chi connectivity index (χ4n) is 0.826. The summed E-state index contributed by atoms with van der Waals surface area (Å²) in [6, 6.07) is 0. The van der Waals surface area contributed by atoms with E-state index in [1.807, 2.05) is 0 Å². The van der Waals surface area contributed by atoms with E-state index in [1.54, 1.807) is 6.92 Å². The van der Waals surface area contributed by atoms with E-state index >= 15 is 0 Å². The second-order valence-corrected chi connectivity index (χ2v) is 2.15. The normalized spacial score (nSPS) is 9.80. The summed E-state index contributed by atoms with van der Waals surface area (Å²) in [7, 11) is 0. The largest absolute Gasteiger partial charge is 0.369 e. The number of hydrogen-bond acceptors (Lipinski definition) is 3. The number of nitrogens with zero attached hydrogens (tertiary/aromatic N) is 1. The first-order valence-electron chi connectivity index (χ1n) is 2.94. The number of imidazole rings is 1. The van der Waals surface area contributed by atoms with Gasteiger partial charge in [0.25, 0.3) is 0 Å². The second-order valence-electron chi connectivity index (χ2n) is 2.15. The summed E-state index contributed by atoms with van der Waals surface area (Å²) in [6.07, 6.45) is 0. The van der Waals surface area contributed by atoms with Gasteiger partial charge >= 0.3 is 0 Å². The molecule has 0 radical (unpaired) electrons. The van der Waals surface area contributed by atoms with Crippen LogP contribution in [0.2, 0.25) is 0 Å². The Morgan fingerprint density at radius 1 is 1.70 bits per heavy atom. The van der Waals surface area contributed by atoms with Crippen molar-refractivity contribution in [3.63, 3.8) is 0 Å². The van der Waals surface area contributed by atoms with Gasteiger partial charge in [-0.3, -0.25) is 4.79 Å². The highest BCUT2D eigenvalue weighted by Gasteiger charge is 2.07.